The lowest BCUT2D eigenvalue weighted by Crippen LogP contribution is -2.48. The maximum absolute atomic E-state index is 12.2. The fraction of sp³-hybridized carbons (Fsp3) is 0.211. The first-order valence-electron chi connectivity index (χ1n) is 8.21. The summed E-state index contributed by atoms with van der Waals surface area (Å²) in [5.41, 5.74) is 5.74. The normalized spacial score (nSPS) is 10.1. The third-order valence-corrected chi connectivity index (χ3v) is 3.56. The Balaban J connectivity index is 1.83. The number of amides is 2. The van der Waals surface area contributed by atoms with E-state index in [-0.39, 0.29) is 11.2 Å². The molecule has 0 fully saturated rings. The molecule has 0 bridgehead atoms. The third-order valence-electron chi connectivity index (χ3n) is 3.36. The molecule has 0 unspecified atom stereocenters. The number of nitrogens with one attached hydrogen (secondary N) is 3. The van der Waals surface area contributed by atoms with Crippen LogP contribution in [0.15, 0.2) is 48.5 Å². The average molecular weight is 387 g/mol. The predicted molar refractivity (Wildman–Crippen MR) is 106 cm³/mol. The molecule has 0 atom stereocenters. The van der Waals surface area contributed by atoms with Gasteiger partial charge in [0.1, 0.15) is 11.5 Å². The van der Waals surface area contributed by atoms with Crippen LogP contribution in [0.3, 0.4) is 0 Å². The predicted octanol–water partition coefficient (Wildman–Crippen LogP) is 2.43. The molecule has 0 aliphatic heterocycles. The van der Waals surface area contributed by atoms with Gasteiger partial charge >= 0.3 is 0 Å². The molecule has 8 heteroatoms. The molecule has 27 heavy (non-hydrogen) atoms. The van der Waals surface area contributed by atoms with Gasteiger partial charge in [0.05, 0.1) is 13.2 Å². The fourth-order valence-corrected chi connectivity index (χ4v) is 2.24. The SMILES string of the molecule is COc1ccc(C(=O)NNC(=S)NC(=O)c2ccc(OC(C)C)cc2)cc1. The van der Waals surface area contributed by atoms with Gasteiger partial charge < -0.3 is 9.47 Å². The number of benzene rings is 2. The largest absolute Gasteiger partial charge is 0.497 e. The molecule has 0 aliphatic carbocycles. The summed E-state index contributed by atoms with van der Waals surface area (Å²) >= 11 is 5.02. The van der Waals surface area contributed by atoms with E-state index in [1.54, 1.807) is 55.6 Å². The topological polar surface area (TPSA) is 88.7 Å². The molecule has 2 aromatic carbocycles. The van der Waals surface area contributed by atoms with Crippen molar-refractivity contribution >= 4 is 29.1 Å². The second-order valence-corrected chi connectivity index (χ2v) is 6.19. The van der Waals surface area contributed by atoms with Gasteiger partial charge in [0, 0.05) is 11.1 Å². The number of carbonyl (C=O) groups excluding carboxylic acids is 2. The summed E-state index contributed by atoms with van der Waals surface area (Å²) in [4.78, 5) is 24.2. The first-order chi connectivity index (χ1) is 12.9. The van der Waals surface area contributed by atoms with Crippen molar-refractivity contribution in [1.82, 2.24) is 16.2 Å². The van der Waals surface area contributed by atoms with Gasteiger partial charge in [-0.25, -0.2) is 0 Å². The zero-order valence-corrected chi connectivity index (χ0v) is 16.1. The number of carbonyl (C=O) groups is 2. The number of rotatable bonds is 5. The van der Waals surface area contributed by atoms with Crippen molar-refractivity contribution < 1.29 is 19.1 Å². The molecule has 142 valence electrons. The Morgan fingerprint density at radius 1 is 0.852 bits per heavy atom. The Labute approximate surface area is 163 Å². The van der Waals surface area contributed by atoms with Crippen molar-refractivity contribution in [2.75, 3.05) is 7.11 Å². The van der Waals surface area contributed by atoms with Crippen molar-refractivity contribution in [2.45, 2.75) is 20.0 Å². The number of thiocarbonyl (C=S) groups is 1. The molecular formula is C19H21N3O4S. The Morgan fingerprint density at radius 2 is 1.37 bits per heavy atom. The lowest BCUT2D eigenvalue weighted by molar-refractivity contribution is 0.0934. The number of hydrogen-bond donors (Lipinski definition) is 3. The first-order valence-corrected chi connectivity index (χ1v) is 8.62. The second-order valence-electron chi connectivity index (χ2n) is 5.78. The molecule has 0 spiro atoms. The van der Waals surface area contributed by atoms with E-state index in [0.29, 0.717) is 22.6 Å². The van der Waals surface area contributed by atoms with E-state index in [4.69, 9.17) is 21.7 Å². The van der Waals surface area contributed by atoms with Gasteiger partial charge in [0.2, 0.25) is 0 Å². The Bertz CT molecular complexity index is 805. The van der Waals surface area contributed by atoms with Gasteiger partial charge in [0.15, 0.2) is 5.11 Å². The van der Waals surface area contributed by atoms with Gasteiger partial charge in [-0.05, 0) is 74.6 Å². The molecule has 0 heterocycles. The van der Waals surface area contributed by atoms with Crippen LogP contribution in [-0.4, -0.2) is 30.1 Å². The molecule has 3 N–H and O–H groups in total. The lowest BCUT2D eigenvalue weighted by atomic mass is 10.2. The van der Waals surface area contributed by atoms with E-state index >= 15 is 0 Å². The summed E-state index contributed by atoms with van der Waals surface area (Å²) in [5.74, 6) is 0.521. The minimum Gasteiger partial charge on any atom is -0.497 e. The smallest absolute Gasteiger partial charge is 0.269 e. The molecule has 7 nitrogen and oxygen atoms in total. The minimum absolute atomic E-state index is 0.0237. The zero-order valence-electron chi connectivity index (χ0n) is 15.2. The molecule has 2 aromatic rings. The van der Waals surface area contributed by atoms with Crippen molar-refractivity contribution in [1.29, 1.82) is 0 Å². The van der Waals surface area contributed by atoms with Crippen molar-refractivity contribution in [3.05, 3.63) is 59.7 Å². The van der Waals surface area contributed by atoms with Crippen molar-refractivity contribution in [3.8, 4) is 11.5 Å². The maximum atomic E-state index is 12.2. The Kier molecular flexibility index (Phi) is 7.13. The molecule has 0 aromatic heterocycles. The average Bonchev–Trinajstić information content (AvgIpc) is 2.66. The van der Waals surface area contributed by atoms with Gasteiger partial charge in [-0.2, -0.15) is 0 Å². The van der Waals surface area contributed by atoms with Crippen LogP contribution in [0, 0.1) is 0 Å². The van der Waals surface area contributed by atoms with Crippen molar-refractivity contribution in [2.24, 2.45) is 0 Å². The molecule has 2 rings (SSSR count). The molecule has 0 saturated carbocycles. The van der Waals surface area contributed by atoms with Crippen LogP contribution < -0.4 is 25.6 Å². The minimum atomic E-state index is -0.401. The second kappa shape index (κ2) is 9.54. The highest BCUT2D eigenvalue weighted by Gasteiger charge is 2.10. The van der Waals surface area contributed by atoms with Gasteiger partial charge in [-0.1, -0.05) is 0 Å². The highest BCUT2D eigenvalue weighted by molar-refractivity contribution is 7.80. The fourth-order valence-electron chi connectivity index (χ4n) is 2.09. The van der Waals surface area contributed by atoms with Crippen LogP contribution in [0.25, 0.3) is 0 Å². The highest BCUT2D eigenvalue weighted by atomic mass is 32.1. The Hall–Kier alpha value is -3.13. The van der Waals surface area contributed by atoms with Crippen LogP contribution in [0.5, 0.6) is 11.5 Å². The molecule has 2 amide bonds. The first kappa shape index (κ1) is 20.2. The number of ether oxygens (including phenoxy) is 2. The monoisotopic (exact) mass is 387 g/mol. The van der Waals surface area contributed by atoms with Crippen molar-refractivity contribution in [3.63, 3.8) is 0 Å². The highest BCUT2D eigenvalue weighted by Crippen LogP contribution is 2.14. The summed E-state index contributed by atoms with van der Waals surface area (Å²) < 4.78 is 10.6. The molecule has 0 radical (unpaired) electrons. The van der Waals surface area contributed by atoms with Crippen LogP contribution >= 0.6 is 12.2 Å². The van der Waals surface area contributed by atoms with E-state index in [1.807, 2.05) is 13.8 Å². The summed E-state index contributed by atoms with van der Waals surface area (Å²) in [7, 11) is 1.54. The van der Waals surface area contributed by atoms with Crippen LogP contribution in [0.4, 0.5) is 0 Å². The quantitative estimate of drug-likeness (QED) is 0.539. The van der Waals surface area contributed by atoms with Crippen LogP contribution in [0.1, 0.15) is 34.6 Å². The van der Waals surface area contributed by atoms with Gasteiger partial charge in [-0.3, -0.25) is 25.8 Å². The van der Waals surface area contributed by atoms with E-state index < -0.39 is 11.8 Å². The number of hydrogen-bond acceptors (Lipinski definition) is 5. The van der Waals surface area contributed by atoms with E-state index in [9.17, 15) is 9.59 Å². The summed E-state index contributed by atoms with van der Waals surface area (Å²) in [6, 6.07) is 13.2. The number of methoxy groups -OCH3 is 1. The zero-order chi connectivity index (χ0) is 19.8. The maximum Gasteiger partial charge on any atom is 0.269 e. The Morgan fingerprint density at radius 3 is 1.89 bits per heavy atom. The van der Waals surface area contributed by atoms with E-state index in [0.717, 1.165) is 0 Å². The molecule has 0 aliphatic rings. The molecular weight excluding hydrogens is 366 g/mol. The summed E-state index contributed by atoms with van der Waals surface area (Å²) in [6.45, 7) is 3.84. The van der Waals surface area contributed by atoms with Crippen LogP contribution in [-0.2, 0) is 0 Å². The summed E-state index contributed by atoms with van der Waals surface area (Å²) in [6.07, 6.45) is 0.0516. The summed E-state index contributed by atoms with van der Waals surface area (Å²) in [5, 5.41) is 2.46. The lowest BCUT2D eigenvalue weighted by Gasteiger charge is -2.12. The standard InChI is InChI=1S/C19H21N3O4S/c1-12(2)26-16-10-6-13(7-11-16)17(23)20-19(27)22-21-18(24)14-4-8-15(25-3)9-5-14/h4-12H,1-3H3,(H,21,24)(H2,20,22,23,27). The number of hydrazine groups is 1. The van der Waals surface area contributed by atoms with E-state index in [2.05, 4.69) is 16.2 Å². The van der Waals surface area contributed by atoms with Gasteiger partial charge in [-0.15, -0.1) is 0 Å². The molecule has 0 saturated heterocycles. The van der Waals surface area contributed by atoms with Crippen LogP contribution in [0.2, 0.25) is 0 Å². The van der Waals surface area contributed by atoms with E-state index in [1.165, 1.54) is 0 Å². The third kappa shape index (κ3) is 6.27. The van der Waals surface area contributed by atoms with Gasteiger partial charge in [0.25, 0.3) is 11.8 Å².